The summed E-state index contributed by atoms with van der Waals surface area (Å²) in [5.41, 5.74) is 0.772. The van der Waals surface area contributed by atoms with E-state index < -0.39 is 11.2 Å². The molecule has 0 saturated heterocycles. The molecule has 0 radical (unpaired) electrons. The Morgan fingerprint density at radius 1 is 1.21 bits per heavy atom. The molecular formula is C12H15N5O2. The van der Waals surface area contributed by atoms with E-state index in [2.05, 4.69) is 35.7 Å². The fourth-order valence-corrected chi connectivity index (χ4v) is 2.08. The van der Waals surface area contributed by atoms with E-state index in [9.17, 15) is 9.59 Å². The van der Waals surface area contributed by atoms with Crippen molar-refractivity contribution in [2.75, 3.05) is 0 Å². The standard InChI is InChI=1S/C12H15N5O2/c1-12(2,3)6-5-17-7-8(14-10(17)13-6)16(4)11(19)15-9(7)18/h5H,1-4H3,(H,13,14)(H,15,18,19). The molecule has 0 aliphatic heterocycles. The molecule has 3 rings (SSSR count). The summed E-state index contributed by atoms with van der Waals surface area (Å²) in [7, 11) is 1.58. The highest BCUT2D eigenvalue weighted by molar-refractivity contribution is 5.75. The number of nitrogens with zero attached hydrogens (tertiary/aromatic N) is 3. The zero-order chi connectivity index (χ0) is 13.9. The highest BCUT2D eigenvalue weighted by Crippen LogP contribution is 2.22. The minimum atomic E-state index is -0.464. The van der Waals surface area contributed by atoms with Gasteiger partial charge in [-0.1, -0.05) is 20.8 Å². The maximum atomic E-state index is 11.9. The second-order valence-electron chi connectivity index (χ2n) is 5.71. The van der Waals surface area contributed by atoms with Gasteiger partial charge in [-0.3, -0.25) is 18.7 Å². The average molecular weight is 261 g/mol. The molecule has 100 valence electrons. The molecule has 2 N–H and O–H groups in total. The molecule has 0 amide bonds. The van der Waals surface area contributed by atoms with Crippen molar-refractivity contribution in [1.29, 1.82) is 0 Å². The van der Waals surface area contributed by atoms with E-state index >= 15 is 0 Å². The maximum absolute atomic E-state index is 11.9. The van der Waals surface area contributed by atoms with Crippen LogP contribution in [-0.2, 0) is 12.5 Å². The first-order valence-electron chi connectivity index (χ1n) is 5.99. The number of nitrogens with one attached hydrogen (secondary N) is 2. The van der Waals surface area contributed by atoms with Crippen molar-refractivity contribution in [3.8, 4) is 0 Å². The van der Waals surface area contributed by atoms with Crippen LogP contribution in [0.15, 0.2) is 15.8 Å². The molecule has 0 aliphatic carbocycles. The second kappa shape index (κ2) is 3.37. The molecule has 3 heterocycles. The van der Waals surface area contributed by atoms with Crippen molar-refractivity contribution in [1.82, 2.24) is 23.9 Å². The molecular weight excluding hydrogens is 246 g/mol. The van der Waals surface area contributed by atoms with E-state index in [4.69, 9.17) is 0 Å². The summed E-state index contributed by atoms with van der Waals surface area (Å²) in [6.07, 6.45) is 1.85. The van der Waals surface area contributed by atoms with E-state index in [0.717, 1.165) is 5.69 Å². The molecule has 0 aliphatic rings. The smallest absolute Gasteiger partial charge is 0.327 e. The largest absolute Gasteiger partial charge is 0.329 e. The first kappa shape index (κ1) is 11.8. The predicted molar refractivity (Wildman–Crippen MR) is 71.6 cm³/mol. The number of H-pyrrole nitrogens is 2. The van der Waals surface area contributed by atoms with E-state index in [0.29, 0.717) is 16.9 Å². The predicted octanol–water partition coefficient (Wildman–Crippen LogP) is 0.500. The van der Waals surface area contributed by atoms with Crippen LogP contribution in [0, 0.1) is 0 Å². The Balaban J connectivity index is 2.49. The monoisotopic (exact) mass is 261 g/mol. The molecule has 3 aromatic heterocycles. The molecule has 7 nitrogen and oxygen atoms in total. The average Bonchev–Trinajstić information content (AvgIpc) is 2.81. The number of aryl methyl sites for hydroxylation is 1. The van der Waals surface area contributed by atoms with Crippen molar-refractivity contribution >= 4 is 16.9 Å². The highest BCUT2D eigenvalue weighted by atomic mass is 16.2. The van der Waals surface area contributed by atoms with Crippen molar-refractivity contribution < 1.29 is 0 Å². The van der Waals surface area contributed by atoms with Gasteiger partial charge >= 0.3 is 5.69 Å². The van der Waals surface area contributed by atoms with Crippen LogP contribution in [0.25, 0.3) is 16.9 Å². The van der Waals surface area contributed by atoms with Gasteiger partial charge in [-0.15, -0.1) is 0 Å². The van der Waals surface area contributed by atoms with Crippen molar-refractivity contribution in [2.24, 2.45) is 7.05 Å². The molecule has 7 heteroatoms. The molecule has 0 bridgehead atoms. The summed E-state index contributed by atoms with van der Waals surface area (Å²) in [4.78, 5) is 33.3. The van der Waals surface area contributed by atoms with E-state index in [-0.39, 0.29) is 5.41 Å². The number of aromatic nitrogens is 5. The summed E-state index contributed by atoms with van der Waals surface area (Å²) >= 11 is 0. The summed E-state index contributed by atoms with van der Waals surface area (Å²) in [6, 6.07) is 0. The second-order valence-corrected chi connectivity index (χ2v) is 5.71. The Bertz CT molecular complexity index is 900. The zero-order valence-electron chi connectivity index (χ0n) is 11.2. The van der Waals surface area contributed by atoms with Gasteiger partial charge in [0, 0.05) is 24.4 Å². The highest BCUT2D eigenvalue weighted by Gasteiger charge is 2.20. The van der Waals surface area contributed by atoms with Crippen LogP contribution in [0.4, 0.5) is 0 Å². The van der Waals surface area contributed by atoms with Gasteiger partial charge in [-0.25, -0.2) is 4.79 Å². The lowest BCUT2D eigenvalue weighted by Crippen LogP contribution is -2.28. The van der Waals surface area contributed by atoms with Crippen LogP contribution in [0.3, 0.4) is 0 Å². The van der Waals surface area contributed by atoms with E-state index in [1.54, 1.807) is 11.4 Å². The fraction of sp³-hybridized carbons (Fsp3) is 0.417. The summed E-state index contributed by atoms with van der Waals surface area (Å²) in [5, 5.41) is 0. The minimum Gasteiger partial charge on any atom is -0.327 e. The Labute approximate surface area is 107 Å². The van der Waals surface area contributed by atoms with Gasteiger partial charge < -0.3 is 4.98 Å². The quantitative estimate of drug-likeness (QED) is 0.617. The molecule has 0 fully saturated rings. The fourth-order valence-electron chi connectivity index (χ4n) is 2.08. The number of rotatable bonds is 0. The lowest BCUT2D eigenvalue weighted by molar-refractivity contribution is 0.573. The van der Waals surface area contributed by atoms with Gasteiger partial charge in [-0.05, 0) is 0 Å². The number of fused-ring (bicyclic) bond motifs is 3. The van der Waals surface area contributed by atoms with Crippen LogP contribution in [-0.4, -0.2) is 23.9 Å². The molecule has 0 saturated carbocycles. The van der Waals surface area contributed by atoms with Crippen LogP contribution < -0.4 is 11.2 Å². The lowest BCUT2D eigenvalue weighted by Gasteiger charge is -2.14. The Morgan fingerprint density at radius 3 is 2.53 bits per heavy atom. The normalized spacial score (nSPS) is 12.6. The molecule has 0 unspecified atom stereocenters. The van der Waals surface area contributed by atoms with Crippen molar-refractivity contribution in [3.63, 3.8) is 0 Å². The molecule has 0 spiro atoms. The molecule has 0 atom stereocenters. The number of hydrogen-bond acceptors (Lipinski definition) is 3. The van der Waals surface area contributed by atoms with Gasteiger partial charge in [0.25, 0.3) is 5.56 Å². The van der Waals surface area contributed by atoms with E-state index in [1.165, 1.54) is 4.57 Å². The third-order valence-electron chi connectivity index (χ3n) is 3.26. The van der Waals surface area contributed by atoms with Gasteiger partial charge in [0.2, 0.25) is 5.78 Å². The van der Waals surface area contributed by atoms with E-state index in [1.807, 2.05) is 6.20 Å². The zero-order valence-corrected chi connectivity index (χ0v) is 11.2. The summed E-state index contributed by atoms with van der Waals surface area (Å²) in [6.45, 7) is 6.21. The topological polar surface area (TPSA) is 87.9 Å². The Kier molecular flexibility index (Phi) is 2.09. The first-order valence-corrected chi connectivity index (χ1v) is 5.99. The molecule has 3 aromatic rings. The SMILES string of the molecule is Cn1c(=O)[nH]c(=O)c2c1nc1[nH]c(C(C)(C)C)cn12. The number of imidazole rings is 2. The first-order chi connectivity index (χ1) is 8.79. The lowest BCUT2D eigenvalue weighted by atomic mass is 9.93. The van der Waals surface area contributed by atoms with Crippen LogP contribution in [0.1, 0.15) is 26.5 Å². The van der Waals surface area contributed by atoms with Gasteiger partial charge in [0.1, 0.15) is 0 Å². The van der Waals surface area contributed by atoms with Gasteiger partial charge in [0.05, 0.1) is 0 Å². The minimum absolute atomic E-state index is 0.0690. The van der Waals surface area contributed by atoms with Gasteiger partial charge in [0.15, 0.2) is 11.2 Å². The molecule has 0 aromatic carbocycles. The van der Waals surface area contributed by atoms with Crippen LogP contribution in [0.2, 0.25) is 0 Å². The van der Waals surface area contributed by atoms with Crippen LogP contribution in [0.5, 0.6) is 0 Å². The maximum Gasteiger partial charge on any atom is 0.329 e. The third kappa shape index (κ3) is 1.54. The summed E-state index contributed by atoms with van der Waals surface area (Å²) < 4.78 is 3.02. The summed E-state index contributed by atoms with van der Waals surface area (Å²) in [5.74, 6) is 0.562. The van der Waals surface area contributed by atoms with Crippen LogP contribution >= 0.6 is 0 Å². The van der Waals surface area contributed by atoms with Crippen molar-refractivity contribution in [3.05, 3.63) is 32.7 Å². The van der Waals surface area contributed by atoms with Gasteiger partial charge in [-0.2, -0.15) is 4.98 Å². The number of aromatic amines is 2. The Morgan fingerprint density at radius 2 is 1.89 bits per heavy atom. The molecule has 19 heavy (non-hydrogen) atoms. The number of hydrogen-bond donors (Lipinski definition) is 2. The third-order valence-corrected chi connectivity index (χ3v) is 3.26. The van der Waals surface area contributed by atoms with Crippen molar-refractivity contribution in [2.45, 2.75) is 26.2 Å². The Hall–Kier alpha value is -2.31.